The highest BCUT2D eigenvalue weighted by molar-refractivity contribution is 5.94. The fourth-order valence-corrected chi connectivity index (χ4v) is 3.44. The van der Waals surface area contributed by atoms with Crippen LogP contribution in [0, 0.1) is 5.92 Å². The summed E-state index contributed by atoms with van der Waals surface area (Å²) in [6, 6.07) is 12.1. The van der Waals surface area contributed by atoms with E-state index in [4.69, 9.17) is 9.47 Å². The van der Waals surface area contributed by atoms with Crippen LogP contribution in [0.1, 0.15) is 21.6 Å². The topological polar surface area (TPSA) is 51.7 Å². The molecule has 2 aliphatic rings. The molecule has 0 saturated carbocycles. The van der Waals surface area contributed by atoms with Gasteiger partial charge in [-0.15, -0.1) is 0 Å². The highest BCUT2D eigenvalue weighted by Gasteiger charge is 2.21. The van der Waals surface area contributed by atoms with E-state index in [9.17, 15) is 4.79 Å². The lowest BCUT2D eigenvalue weighted by molar-refractivity contribution is 0.0302. The van der Waals surface area contributed by atoms with Gasteiger partial charge >= 0.3 is 0 Å². The Morgan fingerprint density at radius 2 is 2.00 bits per heavy atom. The SMILES string of the molecule is O=C(c1ccc(CC2COc3ccccc3C2)nc1)N1CCOCC1. The summed E-state index contributed by atoms with van der Waals surface area (Å²) in [5, 5.41) is 0. The molecule has 3 heterocycles. The van der Waals surface area contributed by atoms with Crippen molar-refractivity contribution in [2.75, 3.05) is 32.9 Å². The third-order valence-electron chi connectivity index (χ3n) is 4.82. The van der Waals surface area contributed by atoms with Crippen molar-refractivity contribution in [3.63, 3.8) is 0 Å². The molecular weight excluding hydrogens is 316 g/mol. The second kappa shape index (κ2) is 7.23. The van der Waals surface area contributed by atoms with Crippen molar-refractivity contribution < 1.29 is 14.3 Å². The molecule has 1 saturated heterocycles. The van der Waals surface area contributed by atoms with Crippen LogP contribution in [0.3, 0.4) is 0 Å². The first-order chi connectivity index (χ1) is 12.3. The van der Waals surface area contributed by atoms with Crippen LogP contribution in [0.15, 0.2) is 42.6 Å². The Bertz CT molecular complexity index is 739. The molecule has 1 atom stereocenters. The first-order valence-electron chi connectivity index (χ1n) is 8.82. The summed E-state index contributed by atoms with van der Waals surface area (Å²) in [5.74, 6) is 1.46. The van der Waals surface area contributed by atoms with E-state index in [1.165, 1.54) is 5.56 Å². The predicted octanol–water partition coefficient (Wildman–Crippen LogP) is 2.35. The molecular formula is C20H22N2O3. The Morgan fingerprint density at radius 3 is 2.80 bits per heavy atom. The number of morpholine rings is 1. The molecule has 130 valence electrons. The van der Waals surface area contributed by atoms with E-state index >= 15 is 0 Å². The zero-order valence-corrected chi connectivity index (χ0v) is 14.2. The minimum atomic E-state index is 0.0391. The molecule has 1 aromatic carbocycles. The number of fused-ring (bicyclic) bond motifs is 1. The highest BCUT2D eigenvalue weighted by Crippen LogP contribution is 2.28. The first-order valence-corrected chi connectivity index (χ1v) is 8.82. The number of rotatable bonds is 3. The lowest BCUT2D eigenvalue weighted by Crippen LogP contribution is -2.40. The number of carbonyl (C=O) groups is 1. The summed E-state index contributed by atoms with van der Waals surface area (Å²) in [5.41, 5.74) is 2.92. The third kappa shape index (κ3) is 3.66. The summed E-state index contributed by atoms with van der Waals surface area (Å²) < 4.78 is 11.1. The molecule has 1 amide bonds. The first kappa shape index (κ1) is 16.1. The summed E-state index contributed by atoms with van der Waals surface area (Å²) in [7, 11) is 0. The number of nitrogens with zero attached hydrogens (tertiary/aromatic N) is 2. The molecule has 2 aromatic rings. The van der Waals surface area contributed by atoms with Crippen LogP contribution < -0.4 is 4.74 Å². The van der Waals surface area contributed by atoms with Crippen LogP contribution in [0.4, 0.5) is 0 Å². The normalized spacial score (nSPS) is 19.8. The molecule has 0 N–H and O–H groups in total. The fourth-order valence-electron chi connectivity index (χ4n) is 3.44. The van der Waals surface area contributed by atoms with Gasteiger partial charge in [0.25, 0.3) is 5.91 Å². The van der Waals surface area contributed by atoms with Crippen molar-refractivity contribution in [3.8, 4) is 5.75 Å². The van der Waals surface area contributed by atoms with Gasteiger partial charge in [0.05, 0.1) is 25.4 Å². The van der Waals surface area contributed by atoms with E-state index in [-0.39, 0.29) is 5.91 Å². The lowest BCUT2D eigenvalue weighted by Gasteiger charge is -2.27. The van der Waals surface area contributed by atoms with Gasteiger partial charge in [0, 0.05) is 30.9 Å². The van der Waals surface area contributed by atoms with Crippen LogP contribution in [-0.4, -0.2) is 48.7 Å². The van der Waals surface area contributed by atoms with Gasteiger partial charge in [-0.3, -0.25) is 9.78 Å². The number of benzene rings is 1. The van der Waals surface area contributed by atoms with Crippen molar-refractivity contribution in [3.05, 3.63) is 59.4 Å². The van der Waals surface area contributed by atoms with Gasteiger partial charge in [0.1, 0.15) is 5.75 Å². The van der Waals surface area contributed by atoms with Crippen LogP contribution >= 0.6 is 0 Å². The van der Waals surface area contributed by atoms with Crippen molar-refractivity contribution >= 4 is 5.91 Å². The van der Waals surface area contributed by atoms with Crippen LogP contribution in [0.25, 0.3) is 0 Å². The Kier molecular flexibility index (Phi) is 4.65. The Hall–Kier alpha value is -2.40. The van der Waals surface area contributed by atoms with Gasteiger partial charge < -0.3 is 14.4 Å². The number of pyridine rings is 1. The van der Waals surface area contributed by atoms with Gasteiger partial charge in [-0.25, -0.2) is 0 Å². The van der Waals surface area contributed by atoms with Gasteiger partial charge in [-0.2, -0.15) is 0 Å². The maximum atomic E-state index is 12.4. The molecule has 25 heavy (non-hydrogen) atoms. The standard InChI is InChI=1S/C20H22N2O3/c23-20(22-7-9-24-10-8-22)17-5-6-18(21-13-17)12-15-11-16-3-1-2-4-19(16)25-14-15/h1-6,13,15H,7-12,14H2. The molecule has 0 aliphatic carbocycles. The zero-order chi connectivity index (χ0) is 17.1. The summed E-state index contributed by atoms with van der Waals surface area (Å²) in [6.45, 7) is 3.24. The van der Waals surface area contributed by atoms with E-state index in [1.807, 2.05) is 29.2 Å². The number of aromatic nitrogens is 1. The summed E-state index contributed by atoms with van der Waals surface area (Å²) >= 11 is 0. The van der Waals surface area contributed by atoms with Crippen LogP contribution in [-0.2, 0) is 17.6 Å². The third-order valence-corrected chi connectivity index (χ3v) is 4.82. The average Bonchev–Trinajstić information content (AvgIpc) is 2.69. The molecule has 1 aromatic heterocycles. The van der Waals surface area contributed by atoms with Gasteiger partial charge in [0.15, 0.2) is 0 Å². The largest absolute Gasteiger partial charge is 0.493 e. The Labute approximate surface area is 147 Å². The Balaban J connectivity index is 1.38. The van der Waals surface area contributed by atoms with E-state index in [1.54, 1.807) is 6.20 Å². The molecule has 2 aliphatic heterocycles. The molecule has 5 nitrogen and oxygen atoms in total. The minimum Gasteiger partial charge on any atom is -0.493 e. The maximum Gasteiger partial charge on any atom is 0.255 e. The molecule has 0 radical (unpaired) electrons. The number of para-hydroxylation sites is 1. The molecule has 0 bridgehead atoms. The number of ether oxygens (including phenoxy) is 2. The van der Waals surface area contributed by atoms with E-state index in [0.29, 0.717) is 44.4 Å². The summed E-state index contributed by atoms with van der Waals surface area (Å²) in [6.07, 6.45) is 3.57. The van der Waals surface area contributed by atoms with E-state index in [2.05, 4.69) is 17.1 Å². The van der Waals surface area contributed by atoms with Crippen molar-refractivity contribution in [2.24, 2.45) is 5.92 Å². The van der Waals surface area contributed by atoms with Gasteiger partial charge in [-0.1, -0.05) is 18.2 Å². The summed E-state index contributed by atoms with van der Waals surface area (Å²) in [4.78, 5) is 18.8. The van der Waals surface area contributed by atoms with Crippen LogP contribution in [0.5, 0.6) is 5.75 Å². The second-order valence-corrected chi connectivity index (χ2v) is 6.64. The molecule has 4 rings (SSSR count). The number of amides is 1. The predicted molar refractivity (Wildman–Crippen MR) is 93.8 cm³/mol. The van der Waals surface area contributed by atoms with Gasteiger partial charge in [0.2, 0.25) is 0 Å². The molecule has 1 unspecified atom stereocenters. The highest BCUT2D eigenvalue weighted by atomic mass is 16.5. The molecule has 1 fully saturated rings. The van der Waals surface area contributed by atoms with Crippen molar-refractivity contribution in [2.45, 2.75) is 12.8 Å². The lowest BCUT2D eigenvalue weighted by atomic mass is 9.92. The zero-order valence-electron chi connectivity index (χ0n) is 14.2. The smallest absolute Gasteiger partial charge is 0.255 e. The van der Waals surface area contributed by atoms with Crippen LogP contribution in [0.2, 0.25) is 0 Å². The second-order valence-electron chi connectivity index (χ2n) is 6.64. The Morgan fingerprint density at radius 1 is 1.16 bits per heavy atom. The van der Waals surface area contributed by atoms with E-state index < -0.39 is 0 Å². The van der Waals surface area contributed by atoms with E-state index in [0.717, 1.165) is 24.3 Å². The monoisotopic (exact) mass is 338 g/mol. The number of carbonyl (C=O) groups excluding carboxylic acids is 1. The van der Waals surface area contributed by atoms with Crippen molar-refractivity contribution in [1.82, 2.24) is 9.88 Å². The minimum absolute atomic E-state index is 0.0391. The quantitative estimate of drug-likeness (QED) is 0.862. The molecule has 5 heteroatoms. The number of hydrogen-bond donors (Lipinski definition) is 0. The van der Waals surface area contributed by atoms with Crippen molar-refractivity contribution in [1.29, 1.82) is 0 Å². The number of hydrogen-bond acceptors (Lipinski definition) is 4. The van der Waals surface area contributed by atoms with Gasteiger partial charge in [-0.05, 0) is 36.6 Å². The average molecular weight is 338 g/mol. The maximum absolute atomic E-state index is 12.4. The fraction of sp³-hybridized carbons (Fsp3) is 0.400. The molecule has 0 spiro atoms.